The third kappa shape index (κ3) is 2.75. The van der Waals surface area contributed by atoms with E-state index in [0.717, 1.165) is 44.3 Å². The largest absolute Gasteiger partial charge is 0.381 e. The van der Waals surface area contributed by atoms with Crippen molar-refractivity contribution >= 4 is 5.82 Å². The first-order valence-electron chi connectivity index (χ1n) is 6.56. The number of ether oxygens (including phenoxy) is 1. The Bertz CT molecular complexity index is 373. The molecule has 0 radical (unpaired) electrons. The van der Waals surface area contributed by atoms with Crippen LogP contribution in [0.15, 0.2) is 12.4 Å². The van der Waals surface area contributed by atoms with Crippen LogP contribution in [0.3, 0.4) is 0 Å². The van der Waals surface area contributed by atoms with E-state index < -0.39 is 0 Å². The molecule has 0 spiro atoms. The molecule has 17 heavy (non-hydrogen) atoms. The molecule has 2 heterocycles. The van der Waals surface area contributed by atoms with Crippen LogP contribution in [0.2, 0.25) is 0 Å². The smallest absolute Gasteiger partial charge is 0.148 e. The second kappa shape index (κ2) is 5.00. The van der Waals surface area contributed by atoms with Crippen LogP contribution in [0.25, 0.3) is 0 Å². The molecule has 0 amide bonds. The predicted molar refractivity (Wildman–Crippen MR) is 66.0 cm³/mol. The highest BCUT2D eigenvalue weighted by atomic mass is 16.5. The molecule has 1 aromatic rings. The van der Waals surface area contributed by atoms with E-state index in [1.54, 1.807) is 12.4 Å². The first-order chi connectivity index (χ1) is 8.43. The number of hydrogen-bond acceptors (Lipinski definition) is 4. The van der Waals surface area contributed by atoms with Gasteiger partial charge in [0.1, 0.15) is 5.82 Å². The third-order valence-corrected chi connectivity index (χ3v) is 3.59. The van der Waals surface area contributed by atoms with E-state index in [-0.39, 0.29) is 0 Å². The van der Waals surface area contributed by atoms with E-state index in [1.807, 2.05) is 0 Å². The summed E-state index contributed by atoms with van der Waals surface area (Å²) in [5.41, 5.74) is 1.17. The van der Waals surface area contributed by atoms with Crippen LogP contribution in [0.4, 0.5) is 5.82 Å². The first kappa shape index (κ1) is 11.0. The van der Waals surface area contributed by atoms with E-state index in [0.29, 0.717) is 5.92 Å². The highest BCUT2D eigenvalue weighted by molar-refractivity contribution is 5.43. The van der Waals surface area contributed by atoms with Gasteiger partial charge in [-0.2, -0.15) is 0 Å². The second-order valence-corrected chi connectivity index (χ2v) is 5.00. The summed E-state index contributed by atoms with van der Waals surface area (Å²) >= 11 is 0. The molecular formula is C13H19N3O. The molecule has 0 aromatic carbocycles. The Morgan fingerprint density at radius 3 is 2.65 bits per heavy atom. The average molecular weight is 233 g/mol. The number of hydrogen-bond donors (Lipinski definition) is 1. The average Bonchev–Trinajstić information content (AvgIpc) is 3.22. The SMILES string of the molecule is c1cnc(C2CC2)c(NCC2CCOCC2)n1. The topological polar surface area (TPSA) is 47.0 Å². The highest BCUT2D eigenvalue weighted by Gasteiger charge is 2.28. The summed E-state index contributed by atoms with van der Waals surface area (Å²) in [6, 6.07) is 0. The van der Waals surface area contributed by atoms with Gasteiger partial charge in [-0.25, -0.2) is 4.98 Å². The maximum atomic E-state index is 5.37. The van der Waals surface area contributed by atoms with Crippen molar-refractivity contribution in [2.24, 2.45) is 5.92 Å². The third-order valence-electron chi connectivity index (χ3n) is 3.59. The minimum absolute atomic E-state index is 0.654. The van der Waals surface area contributed by atoms with Crippen LogP contribution >= 0.6 is 0 Å². The molecule has 1 aliphatic carbocycles. The minimum atomic E-state index is 0.654. The lowest BCUT2D eigenvalue weighted by Gasteiger charge is -2.22. The summed E-state index contributed by atoms with van der Waals surface area (Å²) < 4.78 is 5.37. The van der Waals surface area contributed by atoms with Crippen molar-refractivity contribution in [1.82, 2.24) is 9.97 Å². The lowest BCUT2D eigenvalue weighted by atomic mass is 10.0. The molecular weight excluding hydrogens is 214 g/mol. The van der Waals surface area contributed by atoms with E-state index in [9.17, 15) is 0 Å². The van der Waals surface area contributed by atoms with E-state index in [1.165, 1.54) is 18.5 Å². The maximum absolute atomic E-state index is 5.37. The summed E-state index contributed by atoms with van der Waals surface area (Å²) in [7, 11) is 0. The molecule has 2 aliphatic rings. The Morgan fingerprint density at radius 2 is 1.88 bits per heavy atom. The molecule has 0 bridgehead atoms. The minimum Gasteiger partial charge on any atom is -0.381 e. The first-order valence-corrected chi connectivity index (χ1v) is 6.56. The van der Waals surface area contributed by atoms with Crippen LogP contribution in [-0.2, 0) is 4.74 Å². The summed E-state index contributed by atoms with van der Waals surface area (Å²) in [4.78, 5) is 8.87. The number of aromatic nitrogens is 2. The van der Waals surface area contributed by atoms with E-state index >= 15 is 0 Å². The highest BCUT2D eigenvalue weighted by Crippen LogP contribution is 2.41. The predicted octanol–water partition coefficient (Wildman–Crippen LogP) is 2.19. The van der Waals surface area contributed by atoms with Gasteiger partial charge in [0.05, 0.1) is 5.69 Å². The molecule has 3 rings (SSSR count). The molecule has 1 aromatic heterocycles. The van der Waals surface area contributed by atoms with Crippen LogP contribution in [0.5, 0.6) is 0 Å². The van der Waals surface area contributed by atoms with Gasteiger partial charge in [0.2, 0.25) is 0 Å². The van der Waals surface area contributed by atoms with Crippen LogP contribution in [0, 0.1) is 5.92 Å². The molecule has 92 valence electrons. The fraction of sp³-hybridized carbons (Fsp3) is 0.692. The lowest BCUT2D eigenvalue weighted by molar-refractivity contribution is 0.0699. The summed E-state index contributed by atoms with van der Waals surface area (Å²) in [5.74, 6) is 2.38. The van der Waals surface area contributed by atoms with Gasteiger partial charge < -0.3 is 10.1 Å². The zero-order valence-electron chi connectivity index (χ0n) is 10.1. The van der Waals surface area contributed by atoms with E-state index in [2.05, 4.69) is 15.3 Å². The summed E-state index contributed by atoms with van der Waals surface area (Å²) in [6.07, 6.45) is 8.43. The van der Waals surface area contributed by atoms with Crippen molar-refractivity contribution in [3.63, 3.8) is 0 Å². The maximum Gasteiger partial charge on any atom is 0.148 e. The molecule has 1 saturated heterocycles. The van der Waals surface area contributed by atoms with Crippen LogP contribution in [0.1, 0.15) is 37.3 Å². The number of nitrogens with zero attached hydrogens (tertiary/aromatic N) is 2. The normalized spacial score (nSPS) is 21.4. The van der Waals surface area contributed by atoms with Gasteiger partial charge in [0.15, 0.2) is 0 Å². The molecule has 4 heteroatoms. The molecule has 4 nitrogen and oxygen atoms in total. The van der Waals surface area contributed by atoms with Gasteiger partial charge in [-0.15, -0.1) is 0 Å². The van der Waals surface area contributed by atoms with Gasteiger partial charge >= 0.3 is 0 Å². The van der Waals surface area contributed by atoms with Crippen molar-refractivity contribution in [3.8, 4) is 0 Å². The lowest BCUT2D eigenvalue weighted by Crippen LogP contribution is -2.23. The van der Waals surface area contributed by atoms with Crippen molar-refractivity contribution < 1.29 is 4.74 Å². The number of rotatable bonds is 4. The van der Waals surface area contributed by atoms with Crippen LogP contribution < -0.4 is 5.32 Å². The Hall–Kier alpha value is -1.16. The monoisotopic (exact) mass is 233 g/mol. The fourth-order valence-electron chi connectivity index (χ4n) is 2.33. The Balaban J connectivity index is 1.60. The summed E-state index contributed by atoms with van der Waals surface area (Å²) in [6.45, 7) is 2.81. The van der Waals surface area contributed by atoms with Crippen molar-refractivity contribution in [1.29, 1.82) is 0 Å². The van der Waals surface area contributed by atoms with Gasteiger partial charge in [0.25, 0.3) is 0 Å². The zero-order valence-corrected chi connectivity index (χ0v) is 10.1. The Kier molecular flexibility index (Phi) is 3.22. The van der Waals surface area contributed by atoms with Crippen molar-refractivity contribution in [2.75, 3.05) is 25.1 Å². The van der Waals surface area contributed by atoms with Crippen molar-refractivity contribution in [2.45, 2.75) is 31.6 Å². The van der Waals surface area contributed by atoms with Gasteiger partial charge in [-0.3, -0.25) is 4.98 Å². The van der Waals surface area contributed by atoms with Gasteiger partial charge in [-0.1, -0.05) is 0 Å². The standard InChI is InChI=1S/C13H19N3O/c1-2-11(1)12-13(15-6-5-14-12)16-9-10-3-7-17-8-4-10/h5-6,10-11H,1-4,7-9H2,(H,15,16). The Labute approximate surface area is 102 Å². The van der Waals surface area contributed by atoms with Gasteiger partial charge in [0, 0.05) is 38.1 Å². The summed E-state index contributed by atoms with van der Waals surface area (Å²) in [5, 5.41) is 3.48. The molecule has 2 fully saturated rings. The second-order valence-electron chi connectivity index (χ2n) is 5.00. The molecule has 1 N–H and O–H groups in total. The molecule has 0 unspecified atom stereocenters. The number of nitrogens with one attached hydrogen (secondary N) is 1. The Morgan fingerprint density at radius 1 is 1.12 bits per heavy atom. The quantitative estimate of drug-likeness (QED) is 0.866. The van der Waals surface area contributed by atoms with Gasteiger partial charge in [-0.05, 0) is 31.6 Å². The molecule has 1 saturated carbocycles. The number of anilines is 1. The van der Waals surface area contributed by atoms with E-state index in [4.69, 9.17) is 4.74 Å². The molecule has 1 aliphatic heterocycles. The molecule has 0 atom stereocenters. The van der Waals surface area contributed by atoms with Crippen LogP contribution in [-0.4, -0.2) is 29.7 Å². The fourth-order valence-corrected chi connectivity index (χ4v) is 2.33. The zero-order chi connectivity index (χ0) is 11.5. The van der Waals surface area contributed by atoms with Crippen molar-refractivity contribution in [3.05, 3.63) is 18.1 Å².